The molecule has 0 fully saturated rings. The maximum Gasteiger partial charge on any atom is 0.257 e. The van der Waals surface area contributed by atoms with Gasteiger partial charge in [-0.05, 0) is 49.2 Å². The number of rotatable bonds is 11. The van der Waals surface area contributed by atoms with Crippen LogP contribution in [0.1, 0.15) is 29.4 Å². The van der Waals surface area contributed by atoms with Gasteiger partial charge in [0, 0.05) is 44.5 Å². The van der Waals surface area contributed by atoms with Gasteiger partial charge in [-0.1, -0.05) is 42.4 Å². The minimum Gasteiger partial charge on any atom is -0.376 e. The molecule has 212 valence electrons. The molecule has 1 aromatic heterocycles. The Hall–Kier alpha value is -3.18. The normalized spacial score (nSPS) is 12.2. The molecule has 0 aliphatic carbocycles. The lowest BCUT2D eigenvalue weighted by Crippen LogP contribution is -2.49. The number of amides is 2. The van der Waals surface area contributed by atoms with Crippen LogP contribution >= 0.6 is 24.8 Å². The highest BCUT2D eigenvalue weighted by Crippen LogP contribution is 2.25. The fraction of sp³-hybridized carbons (Fsp3) is 0.407. The average Bonchev–Trinajstić information content (AvgIpc) is 3.53. The number of likely N-dealkylation sites (N-methyl/N-ethyl adjacent to an activating group) is 2. The molecule has 0 bridgehead atoms. The zero-order valence-electron chi connectivity index (χ0n) is 22.8. The van der Waals surface area contributed by atoms with E-state index in [0.717, 1.165) is 23.4 Å². The number of carbonyl (C=O) groups excluding carboxylic acids is 2. The van der Waals surface area contributed by atoms with Crippen molar-refractivity contribution >= 4 is 42.3 Å². The highest BCUT2D eigenvalue weighted by molar-refractivity contribution is 5.87. The zero-order valence-corrected chi connectivity index (χ0v) is 24.4. The number of aromatic nitrogens is 2. The number of carbonyl (C=O) groups is 2. The third-order valence-electron chi connectivity index (χ3n) is 6.54. The Bertz CT molecular complexity index is 1230. The number of nitrogens with one attached hydrogen (secondary N) is 2. The number of fused-ring (bicyclic) bond motifs is 1. The van der Waals surface area contributed by atoms with E-state index in [-0.39, 0.29) is 49.7 Å². The molecule has 2 aromatic carbocycles. The molecule has 0 spiro atoms. The summed E-state index contributed by atoms with van der Waals surface area (Å²) in [6.07, 6.45) is 0. The number of hydrazine groups is 1. The van der Waals surface area contributed by atoms with Gasteiger partial charge in [-0.15, -0.1) is 24.8 Å². The highest BCUT2D eigenvalue weighted by atomic mass is 35.5. The Balaban J connectivity index is 0.00000267. The van der Waals surface area contributed by atoms with E-state index in [0.29, 0.717) is 37.9 Å². The summed E-state index contributed by atoms with van der Waals surface area (Å²) in [6, 6.07) is 13.9. The number of benzene rings is 2. The van der Waals surface area contributed by atoms with Crippen molar-refractivity contribution in [3.05, 3.63) is 65.0 Å². The largest absolute Gasteiger partial charge is 0.376 e. The van der Waals surface area contributed by atoms with Gasteiger partial charge in [0.2, 0.25) is 5.91 Å². The Morgan fingerprint density at radius 1 is 1.05 bits per heavy atom. The molecule has 1 aliphatic rings. The molecular formula is C27H37Cl2N7O3. The maximum atomic E-state index is 13.2. The third-order valence-corrected chi connectivity index (χ3v) is 6.54. The first kappa shape index (κ1) is 32.0. The number of hydrogen-bond donors (Lipinski definition) is 2. The van der Waals surface area contributed by atoms with Gasteiger partial charge in [0.1, 0.15) is 6.54 Å². The molecule has 1 aliphatic heterocycles. The summed E-state index contributed by atoms with van der Waals surface area (Å²) in [5, 5.41) is 14.0. The van der Waals surface area contributed by atoms with Gasteiger partial charge in [0.05, 0.1) is 6.54 Å². The van der Waals surface area contributed by atoms with Crippen LogP contribution in [-0.4, -0.2) is 76.6 Å². The molecule has 0 saturated heterocycles. The van der Waals surface area contributed by atoms with Crippen LogP contribution in [-0.2, 0) is 22.7 Å². The molecular weight excluding hydrogens is 541 g/mol. The van der Waals surface area contributed by atoms with Crippen molar-refractivity contribution in [1.82, 2.24) is 30.4 Å². The predicted molar refractivity (Wildman–Crippen MR) is 156 cm³/mol. The van der Waals surface area contributed by atoms with Crippen molar-refractivity contribution in [3.8, 4) is 11.5 Å². The lowest BCUT2D eigenvalue weighted by atomic mass is 10.1. The van der Waals surface area contributed by atoms with E-state index in [1.807, 2.05) is 49.2 Å². The minimum absolute atomic E-state index is 0. The summed E-state index contributed by atoms with van der Waals surface area (Å²) in [5.74, 6) is 0.714. The quantitative estimate of drug-likeness (QED) is 0.334. The summed E-state index contributed by atoms with van der Waals surface area (Å²) in [6.45, 7) is 9.02. The second-order valence-electron chi connectivity index (χ2n) is 9.21. The van der Waals surface area contributed by atoms with E-state index in [1.54, 1.807) is 23.9 Å². The number of nitrogens with zero attached hydrogens (tertiary/aromatic N) is 5. The maximum absolute atomic E-state index is 13.2. The summed E-state index contributed by atoms with van der Waals surface area (Å²) in [7, 11) is 1.77. The van der Waals surface area contributed by atoms with Gasteiger partial charge in [-0.3, -0.25) is 14.6 Å². The second kappa shape index (κ2) is 14.8. The SMILES string of the molecule is CCNCCN(CC(=O)N(C)N1Cc2ccccc2C1)C(=O)CNc1cc(-c2nc(C)no2)ccc1C.Cl.Cl. The Morgan fingerprint density at radius 3 is 2.36 bits per heavy atom. The van der Waals surface area contributed by atoms with Gasteiger partial charge in [-0.2, -0.15) is 4.98 Å². The molecule has 3 aromatic rings. The van der Waals surface area contributed by atoms with E-state index >= 15 is 0 Å². The van der Waals surface area contributed by atoms with Gasteiger partial charge in [0.25, 0.3) is 11.8 Å². The molecule has 0 unspecified atom stereocenters. The van der Waals surface area contributed by atoms with Crippen molar-refractivity contribution < 1.29 is 14.1 Å². The molecule has 10 nitrogen and oxygen atoms in total. The number of halogens is 2. The molecule has 2 heterocycles. The number of hydrogen-bond acceptors (Lipinski definition) is 8. The van der Waals surface area contributed by atoms with E-state index in [1.165, 1.54) is 11.1 Å². The molecule has 4 rings (SSSR count). The van der Waals surface area contributed by atoms with Crippen LogP contribution in [0.4, 0.5) is 5.69 Å². The molecule has 0 atom stereocenters. The van der Waals surface area contributed by atoms with E-state index in [9.17, 15) is 9.59 Å². The van der Waals surface area contributed by atoms with Crippen LogP contribution in [0.5, 0.6) is 0 Å². The van der Waals surface area contributed by atoms with Crippen molar-refractivity contribution in [3.63, 3.8) is 0 Å². The highest BCUT2D eigenvalue weighted by Gasteiger charge is 2.27. The van der Waals surface area contributed by atoms with Gasteiger partial charge in [0.15, 0.2) is 5.82 Å². The monoisotopic (exact) mass is 577 g/mol. The molecule has 0 saturated carbocycles. The average molecular weight is 579 g/mol. The van der Waals surface area contributed by atoms with E-state index in [2.05, 4.69) is 32.9 Å². The first-order valence-electron chi connectivity index (χ1n) is 12.6. The van der Waals surface area contributed by atoms with Crippen molar-refractivity contribution in [2.24, 2.45) is 0 Å². The summed E-state index contributed by atoms with van der Waals surface area (Å²) in [5.41, 5.74) is 5.00. The van der Waals surface area contributed by atoms with Crippen LogP contribution in [0.2, 0.25) is 0 Å². The molecule has 0 radical (unpaired) electrons. The van der Waals surface area contributed by atoms with E-state index in [4.69, 9.17) is 4.52 Å². The lowest BCUT2D eigenvalue weighted by molar-refractivity contribution is -0.151. The molecule has 2 N–H and O–H groups in total. The molecule has 2 amide bonds. The van der Waals surface area contributed by atoms with Crippen molar-refractivity contribution in [1.29, 1.82) is 0 Å². The summed E-state index contributed by atoms with van der Waals surface area (Å²) >= 11 is 0. The van der Waals surface area contributed by atoms with Crippen molar-refractivity contribution in [2.75, 3.05) is 45.1 Å². The first-order valence-corrected chi connectivity index (χ1v) is 12.6. The Morgan fingerprint density at radius 2 is 1.74 bits per heavy atom. The van der Waals surface area contributed by atoms with Crippen LogP contribution in [0, 0.1) is 13.8 Å². The van der Waals surface area contributed by atoms with Crippen LogP contribution in [0.25, 0.3) is 11.5 Å². The van der Waals surface area contributed by atoms with E-state index < -0.39 is 0 Å². The standard InChI is InChI=1S/C27H35N7O3.2ClH/c1-5-28-12-13-33(18-26(36)32(4)34-16-22-8-6-7-9-23(22)17-34)25(35)15-29-24-14-21(11-10-19(24)2)27-30-20(3)31-37-27;;/h6-11,14,28-29H,5,12-13,15-18H2,1-4H3;2*1H. The van der Waals surface area contributed by atoms with Crippen LogP contribution in [0.15, 0.2) is 47.0 Å². The number of anilines is 1. The topological polar surface area (TPSA) is 107 Å². The second-order valence-corrected chi connectivity index (χ2v) is 9.21. The zero-order chi connectivity index (χ0) is 26.4. The summed E-state index contributed by atoms with van der Waals surface area (Å²) < 4.78 is 5.28. The number of aryl methyl sites for hydroxylation is 2. The van der Waals surface area contributed by atoms with Gasteiger partial charge >= 0.3 is 0 Å². The summed E-state index contributed by atoms with van der Waals surface area (Å²) in [4.78, 5) is 32.3. The Kier molecular flexibility index (Phi) is 12.2. The molecule has 12 heteroatoms. The first-order chi connectivity index (χ1) is 17.9. The fourth-order valence-electron chi connectivity index (χ4n) is 4.28. The smallest absolute Gasteiger partial charge is 0.257 e. The molecule has 39 heavy (non-hydrogen) atoms. The fourth-order valence-corrected chi connectivity index (χ4v) is 4.28. The lowest BCUT2D eigenvalue weighted by Gasteiger charge is -2.31. The van der Waals surface area contributed by atoms with Gasteiger partial charge < -0.3 is 20.1 Å². The minimum atomic E-state index is -0.150. The van der Waals surface area contributed by atoms with Gasteiger partial charge in [-0.25, -0.2) is 5.01 Å². The third kappa shape index (κ3) is 8.15. The van der Waals surface area contributed by atoms with Crippen molar-refractivity contribution in [2.45, 2.75) is 33.9 Å². The Labute approximate surface area is 241 Å². The predicted octanol–water partition coefficient (Wildman–Crippen LogP) is 3.44. The van der Waals surface area contributed by atoms with Crippen LogP contribution in [0.3, 0.4) is 0 Å². The van der Waals surface area contributed by atoms with Crippen LogP contribution < -0.4 is 10.6 Å².